The number of carbonyl (C=O) groups is 2. The van der Waals surface area contributed by atoms with Gasteiger partial charge >= 0.3 is 12.1 Å². The van der Waals surface area contributed by atoms with Gasteiger partial charge in [0.05, 0.1) is 19.9 Å². The number of rotatable bonds is 6. The van der Waals surface area contributed by atoms with Gasteiger partial charge in [0.15, 0.2) is 0 Å². The van der Waals surface area contributed by atoms with Crippen LogP contribution in [0, 0.1) is 5.92 Å². The molecule has 1 heterocycles. The number of ether oxygens (including phenoxy) is 3. The van der Waals surface area contributed by atoms with Crippen LogP contribution < -0.4 is 24.8 Å². The van der Waals surface area contributed by atoms with Crippen molar-refractivity contribution in [1.29, 1.82) is 0 Å². The second kappa shape index (κ2) is 10.4. The van der Waals surface area contributed by atoms with Crippen molar-refractivity contribution in [1.82, 2.24) is 10.2 Å². The first-order valence-electron chi connectivity index (χ1n) is 9.87. The van der Waals surface area contributed by atoms with Crippen LogP contribution in [-0.2, 0) is 0 Å². The van der Waals surface area contributed by atoms with Gasteiger partial charge in [-0.2, -0.15) is 0 Å². The summed E-state index contributed by atoms with van der Waals surface area (Å²) in [5.41, 5.74) is 0.564. The Morgan fingerprint density at radius 1 is 1.00 bits per heavy atom. The Labute approximate surface area is 176 Å². The number of benzene rings is 2. The molecule has 8 nitrogen and oxygen atoms in total. The van der Waals surface area contributed by atoms with Gasteiger partial charge in [-0.25, -0.2) is 9.59 Å². The first kappa shape index (κ1) is 21.3. The highest BCUT2D eigenvalue weighted by atomic mass is 16.6. The van der Waals surface area contributed by atoms with Gasteiger partial charge in [-0.3, -0.25) is 0 Å². The van der Waals surface area contributed by atoms with Crippen LogP contribution in [0.5, 0.6) is 17.2 Å². The van der Waals surface area contributed by atoms with Crippen molar-refractivity contribution >= 4 is 17.8 Å². The lowest BCUT2D eigenvalue weighted by Crippen LogP contribution is -2.43. The van der Waals surface area contributed by atoms with Crippen molar-refractivity contribution in [3.05, 3.63) is 48.5 Å². The summed E-state index contributed by atoms with van der Waals surface area (Å²) in [5, 5.41) is 5.68. The van der Waals surface area contributed by atoms with Gasteiger partial charge in [0.25, 0.3) is 0 Å². The summed E-state index contributed by atoms with van der Waals surface area (Å²) in [7, 11) is 3.11. The highest BCUT2D eigenvalue weighted by Gasteiger charge is 2.24. The fourth-order valence-electron chi connectivity index (χ4n) is 3.28. The summed E-state index contributed by atoms with van der Waals surface area (Å²) < 4.78 is 15.8. The molecule has 0 spiro atoms. The van der Waals surface area contributed by atoms with Crippen LogP contribution in [0.3, 0.4) is 0 Å². The zero-order chi connectivity index (χ0) is 21.3. The van der Waals surface area contributed by atoms with Crippen LogP contribution in [0.1, 0.15) is 12.8 Å². The van der Waals surface area contributed by atoms with E-state index in [0.717, 1.165) is 12.8 Å². The van der Waals surface area contributed by atoms with Gasteiger partial charge in [-0.1, -0.05) is 18.2 Å². The molecule has 1 saturated heterocycles. The third kappa shape index (κ3) is 5.79. The molecule has 8 heteroatoms. The topological polar surface area (TPSA) is 89.1 Å². The van der Waals surface area contributed by atoms with Crippen molar-refractivity contribution in [2.75, 3.05) is 39.2 Å². The summed E-state index contributed by atoms with van der Waals surface area (Å²) in [6.45, 7) is 1.74. The van der Waals surface area contributed by atoms with Gasteiger partial charge in [-0.05, 0) is 43.0 Å². The molecule has 0 unspecified atom stereocenters. The lowest BCUT2D eigenvalue weighted by Gasteiger charge is -2.31. The van der Waals surface area contributed by atoms with E-state index in [4.69, 9.17) is 14.2 Å². The number of carbonyl (C=O) groups excluding carboxylic acids is 2. The minimum absolute atomic E-state index is 0.300. The Balaban J connectivity index is 1.41. The third-order valence-electron chi connectivity index (χ3n) is 5.03. The number of likely N-dealkylation sites (tertiary alicyclic amines) is 1. The second-order valence-corrected chi connectivity index (χ2v) is 7.01. The maximum Gasteiger partial charge on any atom is 0.415 e. The molecular formula is C22H27N3O5. The molecule has 1 fully saturated rings. The lowest BCUT2D eigenvalue weighted by atomic mass is 9.97. The Morgan fingerprint density at radius 2 is 1.73 bits per heavy atom. The van der Waals surface area contributed by atoms with Crippen molar-refractivity contribution < 1.29 is 23.8 Å². The van der Waals surface area contributed by atoms with Gasteiger partial charge in [0.1, 0.15) is 17.2 Å². The Morgan fingerprint density at radius 3 is 2.40 bits per heavy atom. The second-order valence-electron chi connectivity index (χ2n) is 7.01. The minimum Gasteiger partial charge on any atom is -0.497 e. The van der Waals surface area contributed by atoms with Crippen molar-refractivity contribution in [3.8, 4) is 17.2 Å². The Bertz CT molecular complexity index is 851. The molecule has 1 aliphatic heterocycles. The van der Waals surface area contributed by atoms with Gasteiger partial charge in [0.2, 0.25) is 0 Å². The van der Waals surface area contributed by atoms with Crippen LogP contribution >= 0.6 is 0 Å². The van der Waals surface area contributed by atoms with Crippen LogP contribution in [0.25, 0.3) is 0 Å². The average molecular weight is 413 g/mol. The van der Waals surface area contributed by atoms with E-state index in [1.807, 2.05) is 18.2 Å². The number of piperidine rings is 1. The molecule has 0 aliphatic carbocycles. The Kier molecular flexibility index (Phi) is 7.37. The van der Waals surface area contributed by atoms with Crippen LogP contribution in [0.15, 0.2) is 48.5 Å². The SMILES string of the molecule is COc1ccc(NC(=O)NCC2CCN(C(=O)Oc3ccccc3)CC2)c(OC)c1. The monoisotopic (exact) mass is 413 g/mol. The summed E-state index contributed by atoms with van der Waals surface area (Å²) >= 11 is 0. The van der Waals surface area contributed by atoms with E-state index in [1.54, 1.807) is 42.3 Å². The molecular weight excluding hydrogens is 386 g/mol. The van der Waals surface area contributed by atoms with Gasteiger partial charge in [0, 0.05) is 25.7 Å². The molecule has 3 rings (SSSR count). The molecule has 2 aromatic carbocycles. The number of nitrogens with one attached hydrogen (secondary N) is 2. The number of hydrogen-bond acceptors (Lipinski definition) is 5. The van der Waals surface area contributed by atoms with E-state index >= 15 is 0 Å². The van der Waals surface area contributed by atoms with Crippen molar-refractivity contribution in [3.63, 3.8) is 0 Å². The molecule has 2 aromatic rings. The van der Waals surface area contributed by atoms with Crippen molar-refractivity contribution in [2.45, 2.75) is 12.8 Å². The normalized spacial score (nSPS) is 14.0. The third-order valence-corrected chi connectivity index (χ3v) is 5.03. The zero-order valence-electron chi connectivity index (χ0n) is 17.2. The highest BCUT2D eigenvalue weighted by molar-refractivity contribution is 5.91. The predicted octanol–water partition coefficient (Wildman–Crippen LogP) is 3.74. The quantitative estimate of drug-likeness (QED) is 0.753. The first-order valence-corrected chi connectivity index (χ1v) is 9.87. The molecule has 160 valence electrons. The minimum atomic E-state index is -0.336. The maximum absolute atomic E-state index is 12.3. The van der Waals surface area contributed by atoms with Gasteiger partial charge in [-0.15, -0.1) is 0 Å². The zero-order valence-corrected chi connectivity index (χ0v) is 17.2. The fraction of sp³-hybridized carbons (Fsp3) is 0.364. The van der Waals surface area contributed by atoms with E-state index in [9.17, 15) is 9.59 Å². The number of hydrogen-bond donors (Lipinski definition) is 2. The molecule has 30 heavy (non-hydrogen) atoms. The lowest BCUT2D eigenvalue weighted by molar-refractivity contribution is 0.130. The molecule has 0 aromatic heterocycles. The van der Waals surface area contributed by atoms with Crippen LogP contribution in [0.2, 0.25) is 0 Å². The predicted molar refractivity (Wildman–Crippen MR) is 113 cm³/mol. The van der Waals surface area contributed by atoms with E-state index in [-0.39, 0.29) is 12.1 Å². The standard InChI is InChI=1S/C22H27N3O5/c1-28-18-8-9-19(20(14-18)29-2)24-21(26)23-15-16-10-12-25(13-11-16)22(27)30-17-6-4-3-5-7-17/h3-9,14,16H,10-13,15H2,1-2H3,(H2,23,24,26). The van der Waals surface area contributed by atoms with E-state index in [0.29, 0.717) is 48.5 Å². The summed E-state index contributed by atoms with van der Waals surface area (Å²) in [6, 6.07) is 13.9. The van der Waals surface area contributed by atoms with Gasteiger partial charge < -0.3 is 29.7 Å². The first-order chi connectivity index (χ1) is 14.6. The molecule has 3 amide bonds. The molecule has 0 bridgehead atoms. The molecule has 0 radical (unpaired) electrons. The largest absolute Gasteiger partial charge is 0.497 e. The van der Waals surface area contributed by atoms with E-state index < -0.39 is 0 Å². The van der Waals surface area contributed by atoms with E-state index in [2.05, 4.69) is 10.6 Å². The summed E-state index contributed by atoms with van der Waals surface area (Å²) in [6.07, 6.45) is 1.27. The van der Waals surface area contributed by atoms with Crippen molar-refractivity contribution in [2.24, 2.45) is 5.92 Å². The molecule has 2 N–H and O–H groups in total. The van der Waals surface area contributed by atoms with Crippen LogP contribution in [0.4, 0.5) is 15.3 Å². The maximum atomic E-state index is 12.3. The smallest absolute Gasteiger partial charge is 0.415 e. The number of amides is 3. The molecule has 0 saturated carbocycles. The summed E-state index contributed by atoms with van der Waals surface area (Å²) in [4.78, 5) is 26.2. The summed E-state index contributed by atoms with van der Waals surface area (Å²) in [5.74, 6) is 2.01. The Hall–Kier alpha value is -3.42. The number of nitrogens with zero attached hydrogens (tertiary/aromatic N) is 1. The average Bonchev–Trinajstić information content (AvgIpc) is 2.79. The highest BCUT2D eigenvalue weighted by Crippen LogP contribution is 2.29. The number of para-hydroxylation sites is 1. The fourth-order valence-corrected chi connectivity index (χ4v) is 3.28. The number of methoxy groups -OCH3 is 2. The van der Waals surface area contributed by atoms with E-state index in [1.165, 1.54) is 7.11 Å². The van der Waals surface area contributed by atoms with Crippen LogP contribution in [-0.4, -0.2) is 50.9 Å². The molecule has 1 aliphatic rings. The number of anilines is 1. The number of urea groups is 1. The molecule has 0 atom stereocenters.